The van der Waals surface area contributed by atoms with Crippen LogP contribution in [-0.4, -0.2) is 33.3 Å². The Kier molecular flexibility index (Phi) is 4.70. The molecule has 0 aliphatic carbocycles. The Hall–Kier alpha value is -2.05. The highest BCUT2D eigenvalue weighted by molar-refractivity contribution is 5.82. The van der Waals surface area contributed by atoms with Gasteiger partial charge in [-0.2, -0.15) is 5.10 Å². The number of aromatic nitrogens is 2. The van der Waals surface area contributed by atoms with Crippen LogP contribution in [0.15, 0.2) is 12.4 Å². The van der Waals surface area contributed by atoms with E-state index in [1.807, 2.05) is 0 Å². The lowest BCUT2D eigenvalue weighted by molar-refractivity contribution is -0.140. The second-order valence-electron chi connectivity index (χ2n) is 4.43. The summed E-state index contributed by atoms with van der Waals surface area (Å²) in [7, 11) is 0. The van der Waals surface area contributed by atoms with Gasteiger partial charge in [0, 0.05) is 11.8 Å². The minimum atomic E-state index is -1.05. The maximum atomic E-state index is 11.7. The fraction of sp³-hybridized carbons (Fsp3) is 0.545. The van der Waals surface area contributed by atoms with Gasteiger partial charge < -0.3 is 15.7 Å². The molecule has 1 unspecified atom stereocenters. The van der Waals surface area contributed by atoms with Crippen molar-refractivity contribution < 1.29 is 14.7 Å². The van der Waals surface area contributed by atoms with E-state index in [1.54, 1.807) is 33.2 Å². The molecule has 0 radical (unpaired) electrons. The van der Waals surface area contributed by atoms with Crippen molar-refractivity contribution in [3.63, 3.8) is 0 Å². The van der Waals surface area contributed by atoms with E-state index < -0.39 is 18.0 Å². The quantitative estimate of drug-likeness (QED) is 0.625. The minimum absolute atomic E-state index is 0.183. The fourth-order valence-electron chi connectivity index (χ4n) is 1.47. The molecule has 7 nitrogen and oxygen atoms in total. The molecule has 18 heavy (non-hydrogen) atoms. The first kappa shape index (κ1) is 14.0. The zero-order valence-corrected chi connectivity index (χ0v) is 10.6. The zero-order valence-electron chi connectivity index (χ0n) is 10.6. The molecule has 1 aromatic rings. The standard InChI is InChI=1S/C11H18N4O3/c1-6(2)9(10(16)17)15-11(18)14-7(3)8-4-12-13-5-8/h4-7,9H,1-3H3,(H,12,13)(H,16,17)(H2,14,15,18)/t7?,9-/m1/s1. The number of amides is 2. The van der Waals surface area contributed by atoms with E-state index in [0.29, 0.717) is 0 Å². The number of rotatable bonds is 5. The third-order valence-electron chi connectivity index (χ3n) is 2.59. The maximum absolute atomic E-state index is 11.7. The molecular formula is C11H18N4O3. The number of carbonyl (C=O) groups excluding carboxylic acids is 1. The van der Waals surface area contributed by atoms with Crippen LogP contribution in [0.1, 0.15) is 32.4 Å². The van der Waals surface area contributed by atoms with Gasteiger partial charge in [-0.25, -0.2) is 9.59 Å². The van der Waals surface area contributed by atoms with Crippen LogP contribution in [0.3, 0.4) is 0 Å². The number of aromatic amines is 1. The largest absolute Gasteiger partial charge is 0.480 e. The van der Waals surface area contributed by atoms with Gasteiger partial charge in [0.2, 0.25) is 0 Å². The minimum Gasteiger partial charge on any atom is -0.480 e. The average molecular weight is 254 g/mol. The number of carboxylic acid groups (broad SMARTS) is 1. The van der Waals surface area contributed by atoms with Crippen molar-refractivity contribution >= 4 is 12.0 Å². The number of H-pyrrole nitrogens is 1. The van der Waals surface area contributed by atoms with Crippen molar-refractivity contribution in [3.05, 3.63) is 18.0 Å². The van der Waals surface area contributed by atoms with E-state index in [9.17, 15) is 9.59 Å². The molecular weight excluding hydrogens is 236 g/mol. The van der Waals surface area contributed by atoms with Gasteiger partial charge in [-0.1, -0.05) is 13.8 Å². The number of nitrogens with zero attached hydrogens (tertiary/aromatic N) is 1. The molecule has 0 aliphatic heterocycles. The summed E-state index contributed by atoms with van der Waals surface area (Å²) in [5.74, 6) is -1.23. The molecule has 2 atom stereocenters. The molecule has 0 bridgehead atoms. The van der Waals surface area contributed by atoms with Crippen molar-refractivity contribution in [3.8, 4) is 0 Å². The lowest BCUT2D eigenvalue weighted by Crippen LogP contribution is -2.49. The summed E-state index contributed by atoms with van der Waals surface area (Å²) in [5.41, 5.74) is 0.821. The lowest BCUT2D eigenvalue weighted by atomic mass is 10.1. The van der Waals surface area contributed by atoms with Gasteiger partial charge in [-0.05, 0) is 12.8 Å². The Morgan fingerprint density at radius 1 is 1.33 bits per heavy atom. The molecule has 0 saturated carbocycles. The summed E-state index contributed by atoms with van der Waals surface area (Å²) in [6.07, 6.45) is 3.27. The number of urea groups is 1. The van der Waals surface area contributed by atoms with Gasteiger partial charge in [0.05, 0.1) is 12.2 Å². The zero-order chi connectivity index (χ0) is 13.7. The molecule has 4 N–H and O–H groups in total. The van der Waals surface area contributed by atoms with Gasteiger partial charge >= 0.3 is 12.0 Å². The van der Waals surface area contributed by atoms with Crippen molar-refractivity contribution in [1.29, 1.82) is 0 Å². The van der Waals surface area contributed by atoms with E-state index in [1.165, 1.54) is 0 Å². The highest BCUT2D eigenvalue weighted by Crippen LogP contribution is 2.09. The molecule has 1 rings (SSSR count). The highest BCUT2D eigenvalue weighted by Gasteiger charge is 2.24. The summed E-state index contributed by atoms with van der Waals surface area (Å²) in [6, 6.07) is -1.66. The Balaban J connectivity index is 2.53. The molecule has 0 saturated heterocycles. The molecule has 0 fully saturated rings. The lowest BCUT2D eigenvalue weighted by Gasteiger charge is -2.20. The Labute approximate surface area is 105 Å². The van der Waals surface area contributed by atoms with Gasteiger partial charge in [0.25, 0.3) is 0 Å². The van der Waals surface area contributed by atoms with Gasteiger partial charge in [-0.15, -0.1) is 0 Å². The average Bonchev–Trinajstić information content (AvgIpc) is 2.78. The monoisotopic (exact) mass is 254 g/mol. The number of hydrogen-bond acceptors (Lipinski definition) is 3. The highest BCUT2D eigenvalue weighted by atomic mass is 16.4. The van der Waals surface area contributed by atoms with Crippen LogP contribution >= 0.6 is 0 Å². The second-order valence-corrected chi connectivity index (χ2v) is 4.43. The molecule has 0 aromatic carbocycles. The molecule has 1 aromatic heterocycles. The van der Waals surface area contributed by atoms with Crippen LogP contribution < -0.4 is 10.6 Å². The molecule has 0 spiro atoms. The van der Waals surface area contributed by atoms with Crippen LogP contribution in [0.5, 0.6) is 0 Å². The normalized spacial score (nSPS) is 14.0. The molecule has 2 amide bonds. The van der Waals surface area contributed by atoms with E-state index in [-0.39, 0.29) is 12.0 Å². The number of hydrogen-bond donors (Lipinski definition) is 4. The summed E-state index contributed by atoms with van der Waals surface area (Å²) in [6.45, 7) is 5.26. The van der Waals surface area contributed by atoms with E-state index in [0.717, 1.165) is 5.56 Å². The molecule has 100 valence electrons. The van der Waals surface area contributed by atoms with Crippen molar-refractivity contribution in [2.24, 2.45) is 5.92 Å². The van der Waals surface area contributed by atoms with E-state index >= 15 is 0 Å². The van der Waals surface area contributed by atoms with Crippen LogP contribution in [0.25, 0.3) is 0 Å². The predicted molar refractivity (Wildman–Crippen MR) is 64.9 cm³/mol. The van der Waals surface area contributed by atoms with Gasteiger partial charge in [0.15, 0.2) is 0 Å². The first-order chi connectivity index (χ1) is 8.41. The second kappa shape index (κ2) is 6.04. The maximum Gasteiger partial charge on any atom is 0.326 e. The van der Waals surface area contributed by atoms with Crippen molar-refractivity contribution in [1.82, 2.24) is 20.8 Å². The topological polar surface area (TPSA) is 107 Å². The smallest absolute Gasteiger partial charge is 0.326 e. The van der Waals surface area contributed by atoms with Gasteiger partial charge in [0.1, 0.15) is 6.04 Å². The number of carbonyl (C=O) groups is 2. The van der Waals surface area contributed by atoms with Gasteiger partial charge in [-0.3, -0.25) is 5.10 Å². The fourth-order valence-corrected chi connectivity index (χ4v) is 1.47. The van der Waals surface area contributed by atoms with Crippen LogP contribution in [0, 0.1) is 5.92 Å². The first-order valence-electron chi connectivity index (χ1n) is 5.70. The Morgan fingerprint density at radius 3 is 2.44 bits per heavy atom. The summed E-state index contributed by atoms with van der Waals surface area (Å²) >= 11 is 0. The third kappa shape index (κ3) is 3.76. The number of nitrogens with one attached hydrogen (secondary N) is 3. The third-order valence-corrected chi connectivity index (χ3v) is 2.59. The number of carboxylic acids is 1. The molecule has 1 heterocycles. The first-order valence-corrected chi connectivity index (χ1v) is 5.70. The summed E-state index contributed by atoms with van der Waals surface area (Å²) in [5, 5.41) is 20.5. The van der Waals surface area contributed by atoms with E-state index in [2.05, 4.69) is 20.8 Å². The summed E-state index contributed by atoms with van der Waals surface area (Å²) < 4.78 is 0. The molecule has 0 aliphatic rings. The Morgan fingerprint density at radius 2 is 2.00 bits per heavy atom. The predicted octanol–water partition coefficient (Wildman–Crippen LogP) is 0.879. The van der Waals surface area contributed by atoms with Crippen molar-refractivity contribution in [2.45, 2.75) is 32.9 Å². The summed E-state index contributed by atoms with van der Waals surface area (Å²) in [4.78, 5) is 22.6. The Bertz CT molecular complexity index is 402. The SMILES string of the molecule is CC(NC(=O)N[C@@H](C(=O)O)C(C)C)c1cn[nH]c1. The molecule has 7 heteroatoms. The number of aliphatic carboxylic acids is 1. The van der Waals surface area contributed by atoms with Crippen molar-refractivity contribution in [2.75, 3.05) is 0 Å². The van der Waals surface area contributed by atoms with Crippen LogP contribution in [-0.2, 0) is 4.79 Å². The van der Waals surface area contributed by atoms with Crippen LogP contribution in [0.2, 0.25) is 0 Å². The van der Waals surface area contributed by atoms with Crippen LogP contribution in [0.4, 0.5) is 4.79 Å². The van der Waals surface area contributed by atoms with E-state index in [4.69, 9.17) is 5.11 Å².